The van der Waals surface area contributed by atoms with Gasteiger partial charge in [-0.3, -0.25) is 0 Å². The summed E-state index contributed by atoms with van der Waals surface area (Å²) in [4.78, 5) is 0. The zero-order valence-electron chi connectivity index (χ0n) is 36.1. The fourth-order valence-electron chi connectivity index (χ4n) is 6.14. The van der Waals surface area contributed by atoms with Gasteiger partial charge in [-0.15, -0.1) is 0 Å². The second-order valence-electron chi connectivity index (χ2n) is 16.7. The van der Waals surface area contributed by atoms with Crippen LogP contribution < -0.4 is 0 Å². The van der Waals surface area contributed by atoms with Crippen molar-refractivity contribution in [3.05, 3.63) is 105 Å². The predicted octanol–water partition coefficient (Wildman–Crippen LogP) is 16.7. The molecule has 290 valence electrons. The molecule has 0 saturated carbocycles. The third kappa shape index (κ3) is 34.5. The number of allylic oxidation sites excluding steroid dienone is 18. The molecule has 0 amide bonds. The van der Waals surface area contributed by atoms with Gasteiger partial charge < -0.3 is 5.11 Å². The molecule has 0 rings (SSSR count). The molecule has 0 aromatic rings. The number of hydrogen-bond acceptors (Lipinski definition) is 1. The summed E-state index contributed by atoms with van der Waals surface area (Å²) in [6, 6.07) is 0. The first-order valence-corrected chi connectivity index (χ1v) is 20.7. The highest BCUT2D eigenvalue weighted by Crippen LogP contribution is 2.19. The van der Waals surface area contributed by atoms with Crippen molar-refractivity contribution >= 4 is 0 Å². The zero-order valence-corrected chi connectivity index (χ0v) is 36.1. The van der Waals surface area contributed by atoms with Crippen molar-refractivity contribution in [2.24, 2.45) is 0 Å². The van der Waals surface area contributed by atoms with Crippen molar-refractivity contribution in [2.45, 2.75) is 211 Å². The normalized spacial score (nSPS) is 14.8. The average Bonchev–Trinajstić information content (AvgIpc) is 3.02. The third-order valence-corrected chi connectivity index (χ3v) is 9.79. The minimum atomic E-state index is -0.544. The predicted molar refractivity (Wildman–Crippen MR) is 234 cm³/mol. The second kappa shape index (κ2) is 30.1. The summed E-state index contributed by atoms with van der Waals surface area (Å²) in [5.74, 6) is 0. The lowest BCUT2D eigenvalue weighted by atomic mass is 9.98. The second-order valence-corrected chi connectivity index (χ2v) is 16.7. The van der Waals surface area contributed by atoms with Crippen LogP contribution in [0.2, 0.25) is 0 Å². The molecule has 0 spiro atoms. The van der Waals surface area contributed by atoms with Crippen LogP contribution in [0.1, 0.15) is 205 Å². The smallest absolute Gasteiger partial charge is 0.0591 e. The molecule has 51 heavy (non-hydrogen) atoms. The molecular weight excluding hydrogens is 617 g/mol. The van der Waals surface area contributed by atoms with Gasteiger partial charge in [0.1, 0.15) is 0 Å². The molecule has 0 unspecified atom stereocenters. The quantitative estimate of drug-likeness (QED) is 0.0636. The van der Waals surface area contributed by atoms with Gasteiger partial charge in [0.15, 0.2) is 0 Å². The fourth-order valence-corrected chi connectivity index (χ4v) is 6.14. The average molecular weight is 701 g/mol. The molecule has 0 aromatic carbocycles. The summed E-state index contributed by atoms with van der Waals surface area (Å²) in [5, 5.41) is 9.88. The maximum absolute atomic E-state index is 9.88. The van der Waals surface area contributed by atoms with E-state index >= 15 is 0 Å². The van der Waals surface area contributed by atoms with Crippen LogP contribution in [0.15, 0.2) is 105 Å². The molecular formula is C50H84O. The Balaban J connectivity index is 4.21. The van der Waals surface area contributed by atoms with Gasteiger partial charge in [0.05, 0.1) is 5.60 Å². The molecule has 0 bridgehead atoms. The van der Waals surface area contributed by atoms with Crippen LogP contribution in [0.5, 0.6) is 0 Å². The molecule has 0 saturated heterocycles. The Bertz CT molecular complexity index is 1220. The largest absolute Gasteiger partial charge is 0.390 e. The van der Waals surface area contributed by atoms with Crippen molar-refractivity contribution in [2.75, 3.05) is 0 Å². The number of aliphatic hydroxyl groups is 1. The molecule has 0 radical (unpaired) electrons. The maximum Gasteiger partial charge on any atom is 0.0591 e. The summed E-state index contributed by atoms with van der Waals surface area (Å²) >= 11 is 0. The van der Waals surface area contributed by atoms with E-state index in [9.17, 15) is 5.11 Å². The molecule has 1 N–H and O–H groups in total. The first-order valence-electron chi connectivity index (χ1n) is 20.7. The molecule has 0 aromatic heterocycles. The van der Waals surface area contributed by atoms with E-state index in [0.29, 0.717) is 0 Å². The molecule has 0 aliphatic carbocycles. The van der Waals surface area contributed by atoms with Crippen LogP contribution in [0.25, 0.3) is 0 Å². The highest BCUT2D eigenvalue weighted by molar-refractivity contribution is 5.10. The van der Waals surface area contributed by atoms with E-state index in [4.69, 9.17) is 0 Å². The van der Waals surface area contributed by atoms with E-state index in [1.807, 2.05) is 13.8 Å². The first kappa shape index (κ1) is 48.6. The van der Waals surface area contributed by atoms with Crippen molar-refractivity contribution in [1.82, 2.24) is 0 Å². The summed E-state index contributed by atoms with van der Waals surface area (Å²) in [6.07, 6.45) is 43.5. The Hall–Kier alpha value is -2.38. The van der Waals surface area contributed by atoms with E-state index in [-0.39, 0.29) is 0 Å². The summed E-state index contributed by atoms with van der Waals surface area (Å²) < 4.78 is 0. The molecule has 0 fully saturated rings. The standard InChI is InChI=1S/C50H84O/c1-41(2)23-15-26-44(5)29-18-32-47(8)35-19-33-45(6)30-16-27-42(3)24-13-14-25-43(4)28-17-31-46(7)34-20-36-48(9)37-21-38-49(10)39-22-40-50(11,12)51/h23-25,29-31,35-36,38,51H,13-22,26-28,32-34,37,39-40H2,1-12H3. The summed E-state index contributed by atoms with van der Waals surface area (Å²) in [5.41, 5.74) is 13.0. The van der Waals surface area contributed by atoms with Crippen molar-refractivity contribution in [3.63, 3.8) is 0 Å². The molecule has 1 nitrogen and oxygen atoms in total. The maximum atomic E-state index is 9.88. The first-order chi connectivity index (χ1) is 24.1. The lowest BCUT2D eigenvalue weighted by Crippen LogP contribution is -2.17. The Morgan fingerprint density at radius 1 is 0.333 bits per heavy atom. The number of unbranched alkanes of at least 4 members (excludes halogenated alkanes) is 1. The number of rotatable bonds is 28. The summed E-state index contributed by atoms with van der Waals surface area (Å²) in [7, 11) is 0. The Labute approximate surface area is 319 Å². The highest BCUT2D eigenvalue weighted by atomic mass is 16.3. The molecule has 0 atom stereocenters. The third-order valence-electron chi connectivity index (χ3n) is 9.79. The van der Waals surface area contributed by atoms with Crippen LogP contribution in [-0.4, -0.2) is 10.7 Å². The van der Waals surface area contributed by atoms with Crippen LogP contribution in [0.3, 0.4) is 0 Å². The van der Waals surface area contributed by atoms with Gasteiger partial charge in [-0.1, -0.05) is 105 Å². The fraction of sp³-hybridized carbons (Fsp3) is 0.640. The Morgan fingerprint density at radius 2 is 0.549 bits per heavy atom. The molecule has 0 aliphatic heterocycles. The van der Waals surface area contributed by atoms with Gasteiger partial charge >= 0.3 is 0 Å². The topological polar surface area (TPSA) is 20.2 Å². The van der Waals surface area contributed by atoms with Gasteiger partial charge in [0, 0.05) is 0 Å². The Morgan fingerprint density at radius 3 is 0.784 bits per heavy atom. The van der Waals surface area contributed by atoms with E-state index in [1.165, 1.54) is 95.1 Å². The van der Waals surface area contributed by atoms with Gasteiger partial charge in [-0.25, -0.2) is 0 Å². The van der Waals surface area contributed by atoms with Crippen LogP contribution in [0, 0.1) is 0 Å². The molecule has 0 heterocycles. The van der Waals surface area contributed by atoms with Gasteiger partial charge in [0.2, 0.25) is 0 Å². The van der Waals surface area contributed by atoms with Crippen LogP contribution in [-0.2, 0) is 0 Å². The van der Waals surface area contributed by atoms with E-state index < -0.39 is 5.60 Å². The molecule has 0 aliphatic rings. The minimum Gasteiger partial charge on any atom is -0.390 e. The number of hydrogen-bond donors (Lipinski definition) is 1. The van der Waals surface area contributed by atoms with Crippen molar-refractivity contribution in [3.8, 4) is 0 Å². The van der Waals surface area contributed by atoms with Crippen LogP contribution >= 0.6 is 0 Å². The van der Waals surface area contributed by atoms with Gasteiger partial charge in [0.25, 0.3) is 0 Å². The van der Waals surface area contributed by atoms with E-state index in [0.717, 1.165) is 77.0 Å². The minimum absolute atomic E-state index is 0.544. The molecule has 1 heteroatoms. The Kier molecular flexibility index (Phi) is 28.7. The van der Waals surface area contributed by atoms with Crippen molar-refractivity contribution < 1.29 is 5.11 Å². The van der Waals surface area contributed by atoms with Crippen molar-refractivity contribution in [1.29, 1.82) is 0 Å². The zero-order chi connectivity index (χ0) is 38.5. The summed E-state index contributed by atoms with van der Waals surface area (Å²) in [6.45, 7) is 26.4. The van der Waals surface area contributed by atoms with E-state index in [1.54, 1.807) is 0 Å². The van der Waals surface area contributed by atoms with Crippen LogP contribution in [0.4, 0.5) is 0 Å². The SMILES string of the molecule is CC(C)=CCCC(C)=CCCC(C)=CCCC(C)=CCCC(C)=CCCC=C(C)CCC=C(C)CCC=C(C)CCC=C(C)CCCC(C)(C)O. The van der Waals surface area contributed by atoms with Gasteiger partial charge in [-0.05, 0) is 205 Å². The highest BCUT2D eigenvalue weighted by Gasteiger charge is 2.11. The van der Waals surface area contributed by atoms with Gasteiger partial charge in [-0.2, -0.15) is 0 Å². The lowest BCUT2D eigenvalue weighted by Gasteiger charge is -2.16. The van der Waals surface area contributed by atoms with E-state index in [2.05, 4.69) is 124 Å². The lowest BCUT2D eigenvalue weighted by molar-refractivity contribution is 0.0689. The monoisotopic (exact) mass is 701 g/mol.